The summed E-state index contributed by atoms with van der Waals surface area (Å²) < 4.78 is 10.3. The highest BCUT2D eigenvalue weighted by molar-refractivity contribution is 8.00. The summed E-state index contributed by atoms with van der Waals surface area (Å²) in [5.74, 6) is 1.03. The molecule has 0 saturated heterocycles. The molecule has 0 aromatic rings. The Bertz CT molecular complexity index is 363. The fourth-order valence-electron chi connectivity index (χ4n) is 2.77. The van der Waals surface area contributed by atoms with Crippen LogP contribution in [0.3, 0.4) is 0 Å². The first kappa shape index (κ1) is 25.7. The molecule has 0 aromatic carbocycles. The van der Waals surface area contributed by atoms with Crippen LogP contribution in [0.15, 0.2) is 0 Å². The van der Waals surface area contributed by atoms with Crippen molar-refractivity contribution in [1.82, 2.24) is 5.32 Å². The van der Waals surface area contributed by atoms with Gasteiger partial charge in [-0.2, -0.15) is 0 Å². The molecule has 156 valence electrons. The predicted octanol–water partition coefficient (Wildman–Crippen LogP) is 5.54. The van der Waals surface area contributed by atoms with Crippen molar-refractivity contribution in [2.75, 3.05) is 26.5 Å². The Balaban J connectivity index is 3.43. The van der Waals surface area contributed by atoms with Crippen LogP contribution in [0.5, 0.6) is 0 Å². The Morgan fingerprint density at radius 1 is 0.885 bits per heavy atom. The molecule has 4 nitrogen and oxygen atoms in total. The number of thioether (sulfide) groups is 1. The van der Waals surface area contributed by atoms with E-state index in [0.717, 1.165) is 19.4 Å². The van der Waals surface area contributed by atoms with Crippen LogP contribution in [0.4, 0.5) is 0 Å². The van der Waals surface area contributed by atoms with E-state index in [1.54, 1.807) is 7.11 Å². The Morgan fingerprint density at radius 3 is 1.85 bits per heavy atom. The third-order valence-corrected chi connectivity index (χ3v) is 6.48. The lowest BCUT2D eigenvalue weighted by Crippen LogP contribution is -2.50. The molecule has 0 spiro atoms. The minimum absolute atomic E-state index is 0.0414. The molecule has 0 rings (SSSR count). The van der Waals surface area contributed by atoms with Crippen molar-refractivity contribution in [1.29, 1.82) is 0 Å². The average molecular weight is 390 g/mol. The lowest BCUT2D eigenvalue weighted by atomic mass is 9.99. The van der Waals surface area contributed by atoms with Gasteiger partial charge in [-0.15, -0.1) is 11.8 Å². The van der Waals surface area contributed by atoms with Gasteiger partial charge in [-0.25, -0.2) is 0 Å². The van der Waals surface area contributed by atoms with Crippen molar-refractivity contribution in [3.8, 4) is 0 Å². The van der Waals surface area contributed by atoms with Gasteiger partial charge in [0.2, 0.25) is 0 Å². The maximum Gasteiger partial charge on any atom is 0.325 e. The number of hydrogen-bond donors (Lipinski definition) is 1. The Kier molecular flexibility index (Phi) is 14.6. The van der Waals surface area contributed by atoms with Crippen molar-refractivity contribution >= 4 is 17.7 Å². The lowest BCUT2D eigenvalue weighted by Gasteiger charge is -2.26. The van der Waals surface area contributed by atoms with Crippen LogP contribution in [0.1, 0.15) is 91.9 Å². The van der Waals surface area contributed by atoms with Crippen LogP contribution in [-0.2, 0) is 14.3 Å². The number of unbranched alkanes of at least 4 members (excludes halogenated alkanes) is 8. The fraction of sp³-hybridized carbons (Fsp3) is 0.952. The van der Waals surface area contributed by atoms with Crippen LogP contribution < -0.4 is 5.32 Å². The predicted molar refractivity (Wildman–Crippen MR) is 114 cm³/mol. The van der Waals surface area contributed by atoms with Gasteiger partial charge in [0.1, 0.15) is 10.5 Å². The standard InChI is InChI=1S/C21H43NO3S/c1-7-21(4,19(23)24-5)22-17-15-13-11-9-8-10-12-14-16-18-26-20(2,3)25-6/h22H,7-18H2,1-6H3. The third kappa shape index (κ3) is 12.2. The van der Waals surface area contributed by atoms with Gasteiger partial charge >= 0.3 is 5.97 Å². The van der Waals surface area contributed by atoms with Crippen molar-refractivity contribution < 1.29 is 14.3 Å². The van der Waals surface area contributed by atoms with Crippen molar-refractivity contribution in [2.45, 2.75) is 102 Å². The molecule has 0 aliphatic rings. The van der Waals surface area contributed by atoms with E-state index in [0.29, 0.717) is 0 Å². The zero-order valence-electron chi connectivity index (χ0n) is 18.1. The molecule has 0 bridgehead atoms. The summed E-state index contributed by atoms with van der Waals surface area (Å²) in [7, 11) is 3.24. The summed E-state index contributed by atoms with van der Waals surface area (Å²) in [4.78, 5) is 11.7. The number of esters is 1. The van der Waals surface area contributed by atoms with Gasteiger partial charge in [-0.05, 0) is 52.3 Å². The summed E-state index contributed by atoms with van der Waals surface area (Å²) in [5, 5.41) is 3.36. The molecule has 0 aliphatic heterocycles. The number of rotatable bonds is 17. The lowest BCUT2D eigenvalue weighted by molar-refractivity contribution is -0.148. The number of carbonyl (C=O) groups is 1. The zero-order valence-corrected chi connectivity index (χ0v) is 18.9. The number of ether oxygens (including phenoxy) is 2. The minimum atomic E-state index is -0.536. The number of methoxy groups -OCH3 is 2. The van der Waals surface area contributed by atoms with Gasteiger partial charge in [0.05, 0.1) is 7.11 Å². The molecule has 1 N–H and O–H groups in total. The minimum Gasteiger partial charge on any atom is -0.468 e. The molecule has 0 saturated carbocycles. The SMILES string of the molecule is CCC(C)(NCCCCCCCCCCCSC(C)(C)OC)C(=O)OC. The molecule has 26 heavy (non-hydrogen) atoms. The van der Waals surface area contributed by atoms with Crippen molar-refractivity contribution in [3.63, 3.8) is 0 Å². The van der Waals surface area contributed by atoms with Crippen molar-refractivity contribution in [2.24, 2.45) is 0 Å². The molecule has 0 radical (unpaired) electrons. The van der Waals surface area contributed by atoms with Crippen LogP contribution >= 0.6 is 11.8 Å². The smallest absolute Gasteiger partial charge is 0.325 e. The Labute approximate surface area is 166 Å². The summed E-state index contributed by atoms with van der Waals surface area (Å²) in [5.41, 5.74) is -0.536. The van der Waals surface area contributed by atoms with Gasteiger partial charge in [-0.3, -0.25) is 4.79 Å². The first-order valence-corrected chi connectivity index (χ1v) is 11.3. The second kappa shape index (κ2) is 14.8. The first-order valence-electron chi connectivity index (χ1n) is 10.3. The van der Waals surface area contributed by atoms with Gasteiger partial charge < -0.3 is 14.8 Å². The van der Waals surface area contributed by atoms with Gasteiger partial charge in [0.25, 0.3) is 0 Å². The van der Waals surface area contributed by atoms with Gasteiger partial charge in [0, 0.05) is 7.11 Å². The summed E-state index contributed by atoms with van der Waals surface area (Å²) in [6.45, 7) is 9.08. The second-order valence-corrected chi connectivity index (χ2v) is 9.42. The van der Waals surface area contributed by atoms with Crippen LogP contribution in [0.2, 0.25) is 0 Å². The molecule has 0 fully saturated rings. The van der Waals surface area contributed by atoms with E-state index < -0.39 is 5.54 Å². The highest BCUT2D eigenvalue weighted by Crippen LogP contribution is 2.26. The van der Waals surface area contributed by atoms with E-state index in [1.165, 1.54) is 64.2 Å². The highest BCUT2D eigenvalue weighted by Gasteiger charge is 2.31. The van der Waals surface area contributed by atoms with E-state index in [-0.39, 0.29) is 10.9 Å². The van der Waals surface area contributed by atoms with E-state index in [9.17, 15) is 4.79 Å². The highest BCUT2D eigenvalue weighted by atomic mass is 32.2. The monoisotopic (exact) mass is 389 g/mol. The van der Waals surface area contributed by atoms with E-state index in [4.69, 9.17) is 9.47 Å². The van der Waals surface area contributed by atoms with Gasteiger partial charge in [0.15, 0.2) is 0 Å². The second-order valence-electron chi connectivity index (χ2n) is 7.74. The summed E-state index contributed by atoms with van der Waals surface area (Å²) in [6.07, 6.45) is 12.4. The van der Waals surface area contributed by atoms with Crippen molar-refractivity contribution in [3.05, 3.63) is 0 Å². The van der Waals surface area contributed by atoms with E-state index in [2.05, 4.69) is 19.2 Å². The largest absolute Gasteiger partial charge is 0.468 e. The molecule has 1 atom stereocenters. The average Bonchev–Trinajstić information content (AvgIpc) is 2.64. The summed E-state index contributed by atoms with van der Waals surface area (Å²) in [6, 6.07) is 0. The topological polar surface area (TPSA) is 47.6 Å². The van der Waals surface area contributed by atoms with Crippen LogP contribution in [0.25, 0.3) is 0 Å². The molecule has 1 unspecified atom stereocenters. The van der Waals surface area contributed by atoms with E-state index >= 15 is 0 Å². The van der Waals surface area contributed by atoms with Gasteiger partial charge in [-0.1, -0.05) is 51.9 Å². The molecular weight excluding hydrogens is 346 g/mol. The number of nitrogens with one attached hydrogen (secondary N) is 1. The molecule has 5 heteroatoms. The number of carbonyl (C=O) groups excluding carboxylic acids is 1. The number of hydrogen-bond acceptors (Lipinski definition) is 5. The van der Waals surface area contributed by atoms with Crippen LogP contribution in [-0.4, -0.2) is 43.0 Å². The maximum absolute atomic E-state index is 11.8. The maximum atomic E-state index is 11.8. The van der Waals surface area contributed by atoms with Crippen LogP contribution in [0, 0.1) is 0 Å². The Hall–Kier alpha value is -0.260. The third-order valence-electron chi connectivity index (χ3n) is 5.12. The Morgan fingerprint density at radius 2 is 1.38 bits per heavy atom. The normalized spacial score (nSPS) is 14.2. The molecule has 0 heterocycles. The molecule has 0 amide bonds. The first-order chi connectivity index (χ1) is 12.3. The zero-order chi connectivity index (χ0) is 19.9. The molecule has 0 aliphatic carbocycles. The van der Waals surface area contributed by atoms with E-state index in [1.807, 2.05) is 25.6 Å². The molecule has 0 aromatic heterocycles. The molecular formula is C21H43NO3S. The fourth-order valence-corrected chi connectivity index (χ4v) is 3.73. The quantitative estimate of drug-likeness (QED) is 0.201. The summed E-state index contributed by atoms with van der Waals surface area (Å²) >= 11 is 1.91.